The predicted molar refractivity (Wildman–Crippen MR) is 99.9 cm³/mol. The summed E-state index contributed by atoms with van der Waals surface area (Å²) in [5.74, 6) is 0.235. The number of thiophene rings is 1. The van der Waals surface area contributed by atoms with Crippen molar-refractivity contribution in [2.24, 2.45) is 0 Å². The number of rotatable bonds is 7. The van der Waals surface area contributed by atoms with Crippen molar-refractivity contribution in [3.05, 3.63) is 52.2 Å². The summed E-state index contributed by atoms with van der Waals surface area (Å²) in [5.41, 5.74) is 0.897. The maximum atomic E-state index is 12.8. The molecule has 1 aliphatic heterocycles. The highest BCUT2D eigenvalue weighted by Crippen LogP contribution is 2.21. The molecule has 1 atom stereocenters. The monoisotopic (exact) mass is 395 g/mol. The number of ether oxygens (including phenoxy) is 1. The molecule has 1 aromatic carbocycles. The first-order chi connectivity index (χ1) is 12.4. The van der Waals surface area contributed by atoms with Gasteiger partial charge in [0.15, 0.2) is 0 Å². The summed E-state index contributed by atoms with van der Waals surface area (Å²) in [6.45, 7) is 1.71. The van der Waals surface area contributed by atoms with Gasteiger partial charge in [-0.15, -0.1) is 11.3 Å². The fourth-order valence-electron chi connectivity index (χ4n) is 2.86. The molecule has 0 radical (unpaired) electrons. The van der Waals surface area contributed by atoms with Crippen molar-refractivity contribution in [3.63, 3.8) is 0 Å². The lowest BCUT2D eigenvalue weighted by molar-refractivity contribution is 0.0511. The summed E-state index contributed by atoms with van der Waals surface area (Å²) < 4.78 is 32.9. The van der Waals surface area contributed by atoms with E-state index in [1.165, 1.54) is 11.3 Å². The van der Waals surface area contributed by atoms with E-state index in [1.807, 2.05) is 17.5 Å². The summed E-state index contributed by atoms with van der Waals surface area (Å²) in [6.07, 6.45) is 3.04. The Balaban J connectivity index is 1.73. The number of amides is 1. The van der Waals surface area contributed by atoms with E-state index < -0.39 is 10.1 Å². The molecule has 2 heterocycles. The molecule has 1 aliphatic rings. The third kappa shape index (κ3) is 5.30. The minimum atomic E-state index is -3.55. The second-order valence-corrected chi connectivity index (χ2v) is 8.75. The number of hydrogen-bond acceptors (Lipinski definition) is 6. The van der Waals surface area contributed by atoms with E-state index in [9.17, 15) is 13.2 Å². The maximum absolute atomic E-state index is 12.8. The van der Waals surface area contributed by atoms with Crippen LogP contribution in [0.5, 0.6) is 5.75 Å². The molecule has 26 heavy (non-hydrogen) atoms. The molecule has 1 amide bonds. The summed E-state index contributed by atoms with van der Waals surface area (Å²) in [4.78, 5) is 15.3. The van der Waals surface area contributed by atoms with Gasteiger partial charge in [-0.1, -0.05) is 18.2 Å². The van der Waals surface area contributed by atoms with Crippen molar-refractivity contribution >= 4 is 27.4 Å². The van der Waals surface area contributed by atoms with Crippen molar-refractivity contribution in [1.29, 1.82) is 0 Å². The summed E-state index contributed by atoms with van der Waals surface area (Å²) >= 11 is 1.42. The van der Waals surface area contributed by atoms with Crippen LogP contribution in [0.15, 0.2) is 41.8 Å². The Morgan fingerprint density at radius 2 is 2.08 bits per heavy atom. The lowest BCUT2D eigenvalue weighted by Crippen LogP contribution is -2.36. The van der Waals surface area contributed by atoms with E-state index in [2.05, 4.69) is 0 Å². The maximum Gasteiger partial charge on any atom is 0.306 e. The quantitative estimate of drug-likeness (QED) is 0.674. The average Bonchev–Trinajstić information content (AvgIpc) is 3.27. The second kappa shape index (κ2) is 8.20. The third-order valence-electron chi connectivity index (χ3n) is 4.01. The SMILES string of the molecule is CS(=O)(=O)Oc1ccc(CN(C[C@H]2CCCO2)C(=O)c2cccs2)cc1. The van der Waals surface area contributed by atoms with Gasteiger partial charge in [0, 0.05) is 19.7 Å². The van der Waals surface area contributed by atoms with Crippen LogP contribution >= 0.6 is 11.3 Å². The van der Waals surface area contributed by atoms with Crippen LogP contribution in [0.4, 0.5) is 0 Å². The smallest absolute Gasteiger partial charge is 0.306 e. The van der Waals surface area contributed by atoms with E-state index in [0.29, 0.717) is 18.0 Å². The lowest BCUT2D eigenvalue weighted by Gasteiger charge is -2.25. The van der Waals surface area contributed by atoms with Crippen LogP contribution in [0.2, 0.25) is 0 Å². The number of benzene rings is 1. The molecule has 0 unspecified atom stereocenters. The standard InChI is InChI=1S/C18H21NO5S2/c1-26(21,22)24-15-8-6-14(7-9-15)12-19(13-16-4-2-10-23-16)18(20)17-5-3-11-25-17/h3,5-9,11,16H,2,4,10,12-13H2,1H3/t16-/m1/s1. The van der Waals surface area contributed by atoms with Gasteiger partial charge in [0.25, 0.3) is 5.91 Å². The Morgan fingerprint density at radius 3 is 2.65 bits per heavy atom. The molecule has 3 rings (SSSR count). The fraction of sp³-hybridized carbons (Fsp3) is 0.389. The van der Waals surface area contributed by atoms with Gasteiger partial charge < -0.3 is 13.8 Å². The van der Waals surface area contributed by atoms with Crippen LogP contribution in [0.25, 0.3) is 0 Å². The molecular formula is C18H21NO5S2. The Labute approximate surface area is 157 Å². The molecular weight excluding hydrogens is 374 g/mol. The molecule has 6 nitrogen and oxygen atoms in total. The van der Waals surface area contributed by atoms with Crippen LogP contribution in [-0.4, -0.2) is 44.7 Å². The normalized spacial score (nSPS) is 17.2. The highest BCUT2D eigenvalue weighted by atomic mass is 32.2. The van der Waals surface area contributed by atoms with Gasteiger partial charge in [-0.3, -0.25) is 4.79 Å². The molecule has 140 valence electrons. The van der Waals surface area contributed by atoms with Crippen LogP contribution < -0.4 is 4.18 Å². The Bertz CT molecular complexity index is 825. The lowest BCUT2D eigenvalue weighted by atomic mass is 10.1. The number of nitrogens with zero attached hydrogens (tertiary/aromatic N) is 1. The zero-order chi connectivity index (χ0) is 18.6. The van der Waals surface area contributed by atoms with Crippen molar-refractivity contribution in [2.45, 2.75) is 25.5 Å². The first kappa shape index (κ1) is 18.9. The zero-order valence-corrected chi connectivity index (χ0v) is 16.1. The average molecular weight is 396 g/mol. The largest absolute Gasteiger partial charge is 0.383 e. The minimum absolute atomic E-state index is 0.0213. The molecule has 1 saturated heterocycles. The van der Waals surface area contributed by atoms with Gasteiger partial charge in [-0.05, 0) is 42.0 Å². The summed E-state index contributed by atoms with van der Waals surface area (Å²) in [5, 5.41) is 1.88. The Kier molecular flexibility index (Phi) is 5.95. The van der Waals surface area contributed by atoms with E-state index in [1.54, 1.807) is 29.2 Å². The summed E-state index contributed by atoms with van der Waals surface area (Å²) in [7, 11) is -3.55. The van der Waals surface area contributed by atoms with E-state index in [-0.39, 0.29) is 17.8 Å². The van der Waals surface area contributed by atoms with Crippen LogP contribution in [0.3, 0.4) is 0 Å². The van der Waals surface area contributed by atoms with E-state index >= 15 is 0 Å². The predicted octanol–water partition coefficient (Wildman–Crippen LogP) is 2.91. The van der Waals surface area contributed by atoms with E-state index in [0.717, 1.165) is 31.3 Å². The first-order valence-corrected chi connectivity index (χ1v) is 11.0. The first-order valence-electron chi connectivity index (χ1n) is 8.33. The molecule has 1 aromatic heterocycles. The van der Waals surface area contributed by atoms with Crippen molar-refractivity contribution in [2.75, 3.05) is 19.4 Å². The molecule has 1 fully saturated rings. The Morgan fingerprint density at radius 1 is 1.31 bits per heavy atom. The van der Waals surface area contributed by atoms with E-state index in [4.69, 9.17) is 8.92 Å². The van der Waals surface area contributed by atoms with Gasteiger partial charge in [0.2, 0.25) is 0 Å². The van der Waals surface area contributed by atoms with Gasteiger partial charge >= 0.3 is 10.1 Å². The minimum Gasteiger partial charge on any atom is -0.383 e. The number of carbonyl (C=O) groups excluding carboxylic acids is 1. The molecule has 0 saturated carbocycles. The Hall–Kier alpha value is -1.90. The second-order valence-electron chi connectivity index (χ2n) is 6.23. The van der Waals surface area contributed by atoms with Gasteiger partial charge in [0.05, 0.1) is 17.2 Å². The third-order valence-corrected chi connectivity index (χ3v) is 5.36. The van der Waals surface area contributed by atoms with Crippen molar-refractivity contribution in [3.8, 4) is 5.75 Å². The van der Waals surface area contributed by atoms with Crippen molar-refractivity contribution < 1.29 is 22.1 Å². The molecule has 0 bridgehead atoms. The molecule has 0 spiro atoms. The highest BCUT2D eigenvalue weighted by molar-refractivity contribution is 7.86. The molecule has 8 heteroatoms. The van der Waals surface area contributed by atoms with Crippen LogP contribution in [0.1, 0.15) is 28.1 Å². The van der Waals surface area contributed by atoms with Crippen LogP contribution in [0, 0.1) is 0 Å². The molecule has 0 aliphatic carbocycles. The van der Waals surface area contributed by atoms with Gasteiger partial charge in [-0.25, -0.2) is 0 Å². The number of carbonyl (C=O) groups is 1. The molecule has 2 aromatic rings. The van der Waals surface area contributed by atoms with Gasteiger partial charge in [-0.2, -0.15) is 8.42 Å². The van der Waals surface area contributed by atoms with Crippen molar-refractivity contribution in [1.82, 2.24) is 4.90 Å². The van der Waals surface area contributed by atoms with Crippen LogP contribution in [-0.2, 0) is 21.4 Å². The fourth-order valence-corrected chi connectivity index (χ4v) is 4.01. The van der Waals surface area contributed by atoms with Gasteiger partial charge in [0.1, 0.15) is 5.75 Å². The highest BCUT2D eigenvalue weighted by Gasteiger charge is 2.24. The summed E-state index contributed by atoms with van der Waals surface area (Å²) in [6, 6.07) is 10.4. The topological polar surface area (TPSA) is 72.9 Å². The zero-order valence-electron chi connectivity index (χ0n) is 14.5. The number of hydrogen-bond donors (Lipinski definition) is 0. The molecule has 0 N–H and O–H groups in total.